The molecule has 1 amide bonds. The Hall–Kier alpha value is -2.94. The van der Waals surface area contributed by atoms with Crippen LogP contribution in [-0.2, 0) is 11.3 Å². The molecule has 0 atom stereocenters. The van der Waals surface area contributed by atoms with E-state index < -0.39 is 17.2 Å². The minimum atomic E-state index is -0.787. The molecule has 27 heavy (non-hydrogen) atoms. The van der Waals surface area contributed by atoms with E-state index in [1.165, 1.54) is 18.0 Å². The van der Waals surface area contributed by atoms with Gasteiger partial charge in [-0.3, -0.25) is 14.6 Å². The number of aromatic nitrogens is 2. The van der Waals surface area contributed by atoms with Crippen LogP contribution in [-0.4, -0.2) is 59.2 Å². The highest BCUT2D eigenvalue weighted by atomic mass is 19.1. The second-order valence-electron chi connectivity index (χ2n) is 6.43. The van der Waals surface area contributed by atoms with Gasteiger partial charge in [0.25, 0.3) is 11.5 Å². The molecule has 1 aliphatic heterocycles. The summed E-state index contributed by atoms with van der Waals surface area (Å²) in [5.74, 6) is -1.52. The molecule has 144 valence electrons. The molecule has 9 heteroatoms. The van der Waals surface area contributed by atoms with Crippen molar-refractivity contribution in [3.63, 3.8) is 0 Å². The van der Waals surface area contributed by atoms with Crippen LogP contribution in [0.25, 0.3) is 0 Å². The van der Waals surface area contributed by atoms with Crippen LogP contribution in [0, 0.1) is 12.7 Å². The summed E-state index contributed by atoms with van der Waals surface area (Å²) in [5, 5.41) is 10.0. The van der Waals surface area contributed by atoms with Gasteiger partial charge in [-0.1, -0.05) is 12.1 Å². The van der Waals surface area contributed by atoms with E-state index in [0.29, 0.717) is 37.4 Å². The Morgan fingerprint density at radius 3 is 2.78 bits per heavy atom. The summed E-state index contributed by atoms with van der Waals surface area (Å²) in [6.07, 6.45) is 0. The van der Waals surface area contributed by atoms with Crippen LogP contribution in [0.4, 0.5) is 10.3 Å². The molecule has 2 aromatic rings. The summed E-state index contributed by atoms with van der Waals surface area (Å²) in [6.45, 7) is 3.75. The molecule has 0 radical (unpaired) electrons. The lowest BCUT2D eigenvalue weighted by atomic mass is 10.1. The molecule has 3 rings (SSSR count). The number of rotatable bonds is 4. The van der Waals surface area contributed by atoms with Crippen molar-refractivity contribution >= 4 is 11.9 Å². The average Bonchev–Trinajstić information content (AvgIpc) is 2.67. The first-order chi connectivity index (χ1) is 12.9. The maximum Gasteiger partial charge on any atom is 0.295 e. The molecule has 0 unspecified atom stereocenters. The molecule has 2 heterocycles. The van der Waals surface area contributed by atoms with Crippen molar-refractivity contribution in [2.45, 2.75) is 13.5 Å². The number of anilines is 1. The average molecular weight is 376 g/mol. The number of nitrogens with one attached hydrogen (secondary N) is 1. The molecule has 0 spiro atoms. The lowest BCUT2D eigenvalue weighted by Crippen LogP contribution is -2.39. The molecule has 1 aromatic heterocycles. The van der Waals surface area contributed by atoms with Crippen LogP contribution in [0.1, 0.15) is 21.6 Å². The molecular weight excluding hydrogens is 355 g/mol. The van der Waals surface area contributed by atoms with Gasteiger partial charge in [0.15, 0.2) is 5.69 Å². The summed E-state index contributed by atoms with van der Waals surface area (Å²) >= 11 is 0. The lowest BCUT2D eigenvalue weighted by molar-refractivity contribution is 0.0775. The van der Waals surface area contributed by atoms with Gasteiger partial charge in [0.2, 0.25) is 11.7 Å². The number of morpholine rings is 1. The van der Waals surface area contributed by atoms with E-state index in [4.69, 9.17) is 4.74 Å². The van der Waals surface area contributed by atoms with Crippen LogP contribution < -0.4 is 10.5 Å². The number of aryl methyl sites for hydroxylation is 1. The predicted molar refractivity (Wildman–Crippen MR) is 96.5 cm³/mol. The third-order valence-electron chi connectivity index (χ3n) is 4.40. The molecule has 2 N–H and O–H groups in total. The Morgan fingerprint density at radius 2 is 2.11 bits per heavy atom. The van der Waals surface area contributed by atoms with Gasteiger partial charge in [0, 0.05) is 26.7 Å². The normalized spacial score (nSPS) is 14.3. The molecule has 8 nitrogen and oxygen atoms in total. The van der Waals surface area contributed by atoms with Crippen LogP contribution >= 0.6 is 0 Å². The fraction of sp³-hybridized carbons (Fsp3) is 0.389. The summed E-state index contributed by atoms with van der Waals surface area (Å²) in [7, 11) is 1.50. The van der Waals surface area contributed by atoms with Crippen LogP contribution in [0.2, 0.25) is 0 Å². The first-order valence-corrected chi connectivity index (χ1v) is 8.53. The van der Waals surface area contributed by atoms with E-state index >= 15 is 0 Å². The fourth-order valence-electron chi connectivity index (χ4n) is 2.79. The van der Waals surface area contributed by atoms with Gasteiger partial charge in [0.05, 0.1) is 13.2 Å². The zero-order valence-corrected chi connectivity index (χ0v) is 15.2. The first kappa shape index (κ1) is 18.8. The van der Waals surface area contributed by atoms with Gasteiger partial charge < -0.3 is 19.6 Å². The number of carbonyl (C=O) groups is 1. The molecule has 1 saturated heterocycles. The topological polar surface area (TPSA) is 98.8 Å². The smallest absolute Gasteiger partial charge is 0.295 e. The number of halogens is 1. The Bertz CT molecular complexity index is 909. The van der Waals surface area contributed by atoms with Crippen molar-refractivity contribution in [3.8, 4) is 5.75 Å². The second-order valence-corrected chi connectivity index (χ2v) is 6.43. The maximum atomic E-state index is 13.7. The number of ether oxygens (including phenoxy) is 1. The van der Waals surface area contributed by atoms with Crippen molar-refractivity contribution in [2.75, 3.05) is 38.3 Å². The van der Waals surface area contributed by atoms with Gasteiger partial charge in [0.1, 0.15) is 5.82 Å². The Kier molecular flexibility index (Phi) is 5.41. The minimum Gasteiger partial charge on any atom is -0.501 e. The number of aromatic hydroxyl groups is 1. The molecular formula is C18H21FN4O4. The van der Waals surface area contributed by atoms with Crippen LogP contribution in [0.5, 0.6) is 5.75 Å². The first-order valence-electron chi connectivity index (χ1n) is 8.53. The van der Waals surface area contributed by atoms with E-state index in [9.17, 15) is 19.1 Å². The van der Waals surface area contributed by atoms with Crippen molar-refractivity contribution in [2.24, 2.45) is 0 Å². The van der Waals surface area contributed by atoms with E-state index in [1.54, 1.807) is 24.0 Å². The van der Waals surface area contributed by atoms with Crippen molar-refractivity contribution in [1.82, 2.24) is 14.9 Å². The van der Waals surface area contributed by atoms with E-state index in [0.717, 1.165) is 0 Å². The fourth-order valence-corrected chi connectivity index (χ4v) is 2.79. The van der Waals surface area contributed by atoms with Crippen LogP contribution in [0.3, 0.4) is 0 Å². The number of aromatic amines is 1. The molecule has 0 aliphatic carbocycles. The van der Waals surface area contributed by atoms with Gasteiger partial charge in [-0.2, -0.15) is 0 Å². The number of H-pyrrole nitrogens is 1. The zero-order valence-electron chi connectivity index (χ0n) is 15.2. The monoisotopic (exact) mass is 376 g/mol. The number of nitrogens with zero attached hydrogens (tertiary/aromatic N) is 3. The number of hydrogen-bond acceptors (Lipinski definition) is 6. The standard InChI is InChI=1S/C18H21FN4O4/c1-11-3-4-12(9-13(11)19)10-22(2)17(26)14-15(24)16(25)21-18(20-14)23-5-7-27-8-6-23/h3-4,9,24H,5-8,10H2,1-2H3,(H,20,21,25). The quantitative estimate of drug-likeness (QED) is 0.827. The number of amides is 1. The minimum absolute atomic E-state index is 0.108. The highest BCUT2D eigenvalue weighted by Crippen LogP contribution is 2.17. The molecule has 1 aliphatic rings. The van der Waals surface area contributed by atoms with E-state index in [-0.39, 0.29) is 24.0 Å². The SMILES string of the molecule is Cc1ccc(CN(C)C(=O)c2nc(N3CCOCC3)[nH]c(=O)c2O)cc1F. The third kappa shape index (κ3) is 4.08. The van der Waals surface area contributed by atoms with E-state index in [1.807, 2.05) is 0 Å². The molecule has 0 saturated carbocycles. The zero-order chi connectivity index (χ0) is 19.6. The summed E-state index contributed by atoms with van der Waals surface area (Å²) in [5.41, 5.74) is -0.0246. The Labute approximate surface area is 155 Å². The Balaban J connectivity index is 1.85. The molecule has 0 bridgehead atoms. The lowest BCUT2D eigenvalue weighted by Gasteiger charge is -2.27. The molecule has 1 fully saturated rings. The largest absolute Gasteiger partial charge is 0.501 e. The summed E-state index contributed by atoms with van der Waals surface area (Å²) in [6, 6.07) is 4.69. The summed E-state index contributed by atoms with van der Waals surface area (Å²) in [4.78, 5) is 34.4. The van der Waals surface area contributed by atoms with Crippen molar-refractivity contribution < 1.29 is 19.0 Å². The van der Waals surface area contributed by atoms with Gasteiger partial charge in [-0.15, -0.1) is 0 Å². The second kappa shape index (κ2) is 7.75. The number of carbonyl (C=O) groups excluding carboxylic acids is 1. The highest BCUT2D eigenvalue weighted by molar-refractivity contribution is 5.94. The predicted octanol–water partition coefficient (Wildman–Crippen LogP) is 1.03. The van der Waals surface area contributed by atoms with Gasteiger partial charge in [-0.05, 0) is 24.1 Å². The van der Waals surface area contributed by atoms with Gasteiger partial charge >= 0.3 is 0 Å². The summed E-state index contributed by atoms with van der Waals surface area (Å²) < 4.78 is 19.0. The third-order valence-corrected chi connectivity index (χ3v) is 4.40. The van der Waals surface area contributed by atoms with Crippen LogP contribution in [0.15, 0.2) is 23.0 Å². The van der Waals surface area contributed by atoms with Gasteiger partial charge in [-0.25, -0.2) is 9.37 Å². The van der Waals surface area contributed by atoms with Crippen molar-refractivity contribution in [3.05, 3.63) is 51.2 Å². The Morgan fingerprint density at radius 1 is 1.41 bits per heavy atom. The highest BCUT2D eigenvalue weighted by Gasteiger charge is 2.24. The number of benzene rings is 1. The number of hydrogen-bond donors (Lipinski definition) is 2. The van der Waals surface area contributed by atoms with Crippen molar-refractivity contribution in [1.29, 1.82) is 0 Å². The van der Waals surface area contributed by atoms with E-state index in [2.05, 4.69) is 9.97 Å². The molecule has 1 aromatic carbocycles. The maximum absolute atomic E-state index is 13.7.